The normalized spacial score (nSPS) is 10.6. The summed E-state index contributed by atoms with van der Waals surface area (Å²) < 4.78 is 0. The first-order valence-corrected chi connectivity index (χ1v) is 6.02. The molecule has 0 unspecified atom stereocenters. The van der Waals surface area contributed by atoms with E-state index in [1.165, 1.54) is 5.56 Å². The van der Waals surface area contributed by atoms with E-state index in [2.05, 4.69) is 13.8 Å². The summed E-state index contributed by atoms with van der Waals surface area (Å²) in [6.45, 7) is 4.96. The lowest BCUT2D eigenvalue weighted by Crippen LogP contribution is -2.28. The van der Waals surface area contributed by atoms with E-state index in [0.29, 0.717) is 24.4 Å². The smallest absolute Gasteiger partial charge is 0.253 e. The number of nitrogens with zero attached hydrogens (tertiary/aromatic N) is 1. The van der Waals surface area contributed by atoms with E-state index in [-0.39, 0.29) is 12.5 Å². The van der Waals surface area contributed by atoms with E-state index in [1.807, 2.05) is 24.3 Å². The molecule has 0 atom stereocenters. The highest BCUT2D eigenvalue weighted by molar-refractivity contribution is 5.94. The molecule has 0 aromatic heterocycles. The van der Waals surface area contributed by atoms with Crippen molar-refractivity contribution in [3.63, 3.8) is 0 Å². The lowest BCUT2D eigenvalue weighted by molar-refractivity contribution is 0.0786. The summed E-state index contributed by atoms with van der Waals surface area (Å²) in [5, 5.41) is 8.73. The van der Waals surface area contributed by atoms with Gasteiger partial charge in [0, 0.05) is 25.8 Å². The van der Waals surface area contributed by atoms with Gasteiger partial charge in [-0.05, 0) is 30.0 Å². The molecule has 0 aliphatic heterocycles. The molecule has 17 heavy (non-hydrogen) atoms. The zero-order valence-electron chi connectivity index (χ0n) is 10.8. The Hall–Kier alpha value is -1.35. The van der Waals surface area contributed by atoms with Crippen LogP contribution in [0.15, 0.2) is 24.3 Å². The van der Waals surface area contributed by atoms with E-state index in [4.69, 9.17) is 5.11 Å². The molecule has 0 bridgehead atoms. The third-order valence-corrected chi connectivity index (χ3v) is 2.82. The minimum atomic E-state index is 0.00811. The number of aliphatic hydroxyl groups is 1. The van der Waals surface area contributed by atoms with Gasteiger partial charge < -0.3 is 10.0 Å². The van der Waals surface area contributed by atoms with Gasteiger partial charge in [-0.1, -0.05) is 26.0 Å². The Morgan fingerprint density at radius 1 is 1.29 bits per heavy atom. The molecule has 1 aromatic rings. The van der Waals surface area contributed by atoms with Crippen molar-refractivity contribution < 1.29 is 9.90 Å². The number of rotatable bonds is 5. The van der Waals surface area contributed by atoms with Gasteiger partial charge in [-0.2, -0.15) is 0 Å². The monoisotopic (exact) mass is 235 g/mol. The molecule has 94 valence electrons. The van der Waals surface area contributed by atoms with Crippen LogP contribution in [-0.4, -0.2) is 36.1 Å². The number of amides is 1. The van der Waals surface area contributed by atoms with Crippen molar-refractivity contribution in [3.05, 3.63) is 35.4 Å². The maximum Gasteiger partial charge on any atom is 0.253 e. The van der Waals surface area contributed by atoms with E-state index >= 15 is 0 Å². The van der Waals surface area contributed by atoms with E-state index in [0.717, 1.165) is 0 Å². The molecule has 1 aromatic carbocycles. The molecule has 3 nitrogen and oxygen atoms in total. The summed E-state index contributed by atoms with van der Waals surface area (Å²) >= 11 is 0. The molecule has 3 heteroatoms. The summed E-state index contributed by atoms with van der Waals surface area (Å²) in [7, 11) is 1.76. The number of benzene rings is 1. The molecule has 0 saturated heterocycles. The predicted molar refractivity (Wildman–Crippen MR) is 69.2 cm³/mol. The molecule has 1 amide bonds. The quantitative estimate of drug-likeness (QED) is 0.850. The standard InChI is InChI=1S/C14H21NO2/c1-11(2)12-5-7-13(8-6-12)14(17)15(3)9-4-10-16/h5-8,11,16H,4,9-10H2,1-3H3. The number of hydrogen-bond acceptors (Lipinski definition) is 2. The lowest BCUT2D eigenvalue weighted by Gasteiger charge is -2.17. The average Bonchev–Trinajstić information content (AvgIpc) is 2.35. The Balaban J connectivity index is 2.69. The largest absolute Gasteiger partial charge is 0.396 e. The van der Waals surface area contributed by atoms with Crippen molar-refractivity contribution >= 4 is 5.91 Å². The lowest BCUT2D eigenvalue weighted by atomic mass is 10.0. The minimum Gasteiger partial charge on any atom is -0.396 e. The van der Waals surface area contributed by atoms with Gasteiger partial charge in [0.2, 0.25) is 0 Å². The summed E-state index contributed by atoms with van der Waals surface area (Å²) in [4.78, 5) is 13.6. The molecule has 0 heterocycles. The van der Waals surface area contributed by atoms with Gasteiger partial charge in [0.1, 0.15) is 0 Å². The summed E-state index contributed by atoms with van der Waals surface area (Å²) in [5.74, 6) is 0.486. The van der Waals surface area contributed by atoms with Crippen LogP contribution in [0.4, 0.5) is 0 Å². The molecule has 0 radical (unpaired) electrons. The van der Waals surface area contributed by atoms with E-state index in [1.54, 1.807) is 11.9 Å². The third kappa shape index (κ3) is 3.86. The number of aliphatic hydroxyl groups excluding tert-OH is 1. The Kier molecular flexibility index (Phi) is 5.16. The molecule has 0 spiro atoms. The van der Waals surface area contributed by atoms with Crippen molar-refractivity contribution in [2.75, 3.05) is 20.2 Å². The van der Waals surface area contributed by atoms with Gasteiger partial charge >= 0.3 is 0 Å². The molecule has 0 aliphatic carbocycles. The van der Waals surface area contributed by atoms with Crippen molar-refractivity contribution in [1.82, 2.24) is 4.90 Å². The summed E-state index contributed by atoms with van der Waals surface area (Å²) in [5.41, 5.74) is 1.94. The van der Waals surface area contributed by atoms with Crippen molar-refractivity contribution in [3.8, 4) is 0 Å². The van der Waals surface area contributed by atoms with Crippen LogP contribution in [0.25, 0.3) is 0 Å². The maximum absolute atomic E-state index is 12.0. The SMILES string of the molecule is CC(C)c1ccc(C(=O)N(C)CCCO)cc1. The minimum absolute atomic E-state index is 0.00811. The molecule has 0 aliphatic rings. The number of hydrogen-bond donors (Lipinski definition) is 1. The first-order valence-electron chi connectivity index (χ1n) is 6.02. The maximum atomic E-state index is 12.0. The second kappa shape index (κ2) is 6.40. The average molecular weight is 235 g/mol. The van der Waals surface area contributed by atoms with Crippen LogP contribution in [0.3, 0.4) is 0 Å². The fourth-order valence-electron chi connectivity index (χ4n) is 1.64. The zero-order chi connectivity index (χ0) is 12.8. The van der Waals surface area contributed by atoms with Crippen molar-refractivity contribution in [2.45, 2.75) is 26.2 Å². The highest BCUT2D eigenvalue weighted by atomic mass is 16.3. The molecule has 1 N–H and O–H groups in total. The van der Waals surface area contributed by atoms with Gasteiger partial charge in [-0.25, -0.2) is 0 Å². The van der Waals surface area contributed by atoms with Crippen molar-refractivity contribution in [2.24, 2.45) is 0 Å². The Labute approximate surface area is 103 Å². The zero-order valence-corrected chi connectivity index (χ0v) is 10.8. The van der Waals surface area contributed by atoms with Gasteiger partial charge in [0.15, 0.2) is 0 Å². The topological polar surface area (TPSA) is 40.5 Å². The van der Waals surface area contributed by atoms with Crippen LogP contribution < -0.4 is 0 Å². The van der Waals surface area contributed by atoms with Crippen LogP contribution in [0.1, 0.15) is 42.1 Å². The van der Waals surface area contributed by atoms with Crippen LogP contribution in [0.2, 0.25) is 0 Å². The Morgan fingerprint density at radius 2 is 1.88 bits per heavy atom. The van der Waals surface area contributed by atoms with Crippen LogP contribution in [0.5, 0.6) is 0 Å². The molecular weight excluding hydrogens is 214 g/mol. The molecular formula is C14H21NO2. The van der Waals surface area contributed by atoms with Gasteiger partial charge in [-0.3, -0.25) is 4.79 Å². The summed E-state index contributed by atoms with van der Waals surface area (Å²) in [6, 6.07) is 7.73. The van der Waals surface area contributed by atoms with Gasteiger partial charge in [0.05, 0.1) is 0 Å². The second-order valence-corrected chi connectivity index (χ2v) is 4.58. The third-order valence-electron chi connectivity index (χ3n) is 2.82. The van der Waals surface area contributed by atoms with Crippen molar-refractivity contribution in [1.29, 1.82) is 0 Å². The first kappa shape index (κ1) is 13.7. The van der Waals surface area contributed by atoms with E-state index in [9.17, 15) is 4.79 Å². The second-order valence-electron chi connectivity index (χ2n) is 4.58. The Bertz CT molecular complexity index is 357. The number of carbonyl (C=O) groups excluding carboxylic acids is 1. The first-order chi connectivity index (χ1) is 8.06. The van der Waals surface area contributed by atoms with Crippen LogP contribution >= 0.6 is 0 Å². The highest BCUT2D eigenvalue weighted by Gasteiger charge is 2.11. The molecule has 1 rings (SSSR count). The van der Waals surface area contributed by atoms with Gasteiger partial charge in [-0.15, -0.1) is 0 Å². The van der Waals surface area contributed by atoms with Gasteiger partial charge in [0.25, 0.3) is 5.91 Å². The molecule has 0 fully saturated rings. The molecule has 0 saturated carbocycles. The fraction of sp³-hybridized carbons (Fsp3) is 0.500. The highest BCUT2D eigenvalue weighted by Crippen LogP contribution is 2.15. The van der Waals surface area contributed by atoms with E-state index < -0.39 is 0 Å². The summed E-state index contributed by atoms with van der Waals surface area (Å²) in [6.07, 6.45) is 0.617. The van der Waals surface area contributed by atoms with Crippen LogP contribution in [-0.2, 0) is 0 Å². The number of carbonyl (C=O) groups is 1. The predicted octanol–water partition coefficient (Wildman–Crippen LogP) is 2.26. The Morgan fingerprint density at radius 3 is 2.35 bits per heavy atom. The fourth-order valence-corrected chi connectivity index (χ4v) is 1.64. The van der Waals surface area contributed by atoms with Crippen LogP contribution in [0, 0.1) is 0 Å².